The standard InChI is InChI=1S/C13H18BrNO.C2H2O4/c1-11-10-12(14)4-5-13(11)16-9-8-15-6-2-3-7-15;3-1(4)2(5)6/h4-5,10H,2-3,6-9H2,1H3;(H,3,4)(H,5,6). The minimum absolute atomic E-state index is 0.794. The Morgan fingerprint density at radius 2 is 1.82 bits per heavy atom. The first-order chi connectivity index (χ1) is 10.4. The third kappa shape index (κ3) is 6.91. The predicted molar refractivity (Wildman–Crippen MR) is 85.3 cm³/mol. The van der Waals surface area contributed by atoms with Crippen molar-refractivity contribution in [1.29, 1.82) is 0 Å². The van der Waals surface area contributed by atoms with Crippen LogP contribution in [0.1, 0.15) is 18.4 Å². The molecule has 0 atom stereocenters. The smallest absolute Gasteiger partial charge is 0.414 e. The molecule has 0 radical (unpaired) electrons. The molecule has 2 N–H and O–H groups in total. The third-order valence-corrected chi connectivity index (χ3v) is 3.68. The van der Waals surface area contributed by atoms with Gasteiger partial charge in [0.05, 0.1) is 0 Å². The molecule has 1 heterocycles. The summed E-state index contributed by atoms with van der Waals surface area (Å²) in [7, 11) is 0. The minimum Gasteiger partial charge on any atom is -0.492 e. The Kier molecular flexibility index (Phi) is 7.90. The molecule has 22 heavy (non-hydrogen) atoms. The number of hydrogen-bond donors (Lipinski definition) is 2. The quantitative estimate of drug-likeness (QED) is 0.787. The molecule has 1 saturated heterocycles. The maximum atomic E-state index is 9.10. The summed E-state index contributed by atoms with van der Waals surface area (Å²) < 4.78 is 6.90. The van der Waals surface area contributed by atoms with Crippen molar-refractivity contribution in [3.63, 3.8) is 0 Å². The lowest BCUT2D eigenvalue weighted by molar-refractivity contribution is -0.159. The van der Waals surface area contributed by atoms with Gasteiger partial charge in [0.15, 0.2) is 0 Å². The van der Waals surface area contributed by atoms with E-state index < -0.39 is 11.9 Å². The summed E-state index contributed by atoms with van der Waals surface area (Å²) in [5.41, 5.74) is 1.19. The van der Waals surface area contributed by atoms with E-state index in [4.69, 9.17) is 24.5 Å². The molecule has 0 amide bonds. The number of aryl methyl sites for hydroxylation is 1. The Morgan fingerprint density at radius 3 is 2.32 bits per heavy atom. The van der Waals surface area contributed by atoms with Crippen molar-refractivity contribution in [2.75, 3.05) is 26.2 Å². The van der Waals surface area contributed by atoms with E-state index in [1.165, 1.54) is 31.5 Å². The van der Waals surface area contributed by atoms with Crippen molar-refractivity contribution in [1.82, 2.24) is 4.90 Å². The van der Waals surface area contributed by atoms with E-state index in [0.29, 0.717) is 0 Å². The molecule has 0 saturated carbocycles. The number of carbonyl (C=O) groups is 2. The summed E-state index contributed by atoms with van der Waals surface area (Å²) in [4.78, 5) is 20.7. The normalized spacial score (nSPS) is 14.1. The van der Waals surface area contributed by atoms with E-state index in [0.717, 1.165) is 23.4 Å². The molecule has 0 bridgehead atoms. The van der Waals surface area contributed by atoms with Crippen LogP contribution in [-0.2, 0) is 9.59 Å². The molecule has 0 spiro atoms. The van der Waals surface area contributed by atoms with Gasteiger partial charge in [-0.15, -0.1) is 0 Å². The van der Waals surface area contributed by atoms with Crippen molar-refractivity contribution in [3.05, 3.63) is 28.2 Å². The van der Waals surface area contributed by atoms with E-state index >= 15 is 0 Å². The van der Waals surface area contributed by atoms with Crippen molar-refractivity contribution in [3.8, 4) is 5.75 Å². The molecule has 1 aromatic rings. The zero-order valence-corrected chi connectivity index (χ0v) is 14.0. The van der Waals surface area contributed by atoms with Crippen LogP contribution >= 0.6 is 15.9 Å². The topological polar surface area (TPSA) is 87.1 Å². The highest BCUT2D eigenvalue weighted by molar-refractivity contribution is 9.10. The van der Waals surface area contributed by atoms with Crippen LogP contribution in [0.4, 0.5) is 0 Å². The Labute approximate surface area is 137 Å². The van der Waals surface area contributed by atoms with Crippen LogP contribution in [0.2, 0.25) is 0 Å². The fourth-order valence-corrected chi connectivity index (χ4v) is 2.54. The average Bonchev–Trinajstić information content (AvgIpc) is 2.95. The number of nitrogens with zero attached hydrogens (tertiary/aromatic N) is 1. The highest BCUT2D eigenvalue weighted by Gasteiger charge is 2.11. The molecule has 0 aromatic heterocycles. The lowest BCUT2D eigenvalue weighted by atomic mass is 10.2. The van der Waals surface area contributed by atoms with Crippen LogP contribution in [0.5, 0.6) is 5.75 Å². The van der Waals surface area contributed by atoms with Crippen LogP contribution in [-0.4, -0.2) is 53.3 Å². The number of hydrogen-bond acceptors (Lipinski definition) is 4. The molecule has 1 aliphatic heterocycles. The molecular weight excluding hydrogens is 354 g/mol. The van der Waals surface area contributed by atoms with Gasteiger partial charge in [-0.3, -0.25) is 4.90 Å². The van der Waals surface area contributed by atoms with Crippen LogP contribution in [0, 0.1) is 6.92 Å². The molecule has 6 nitrogen and oxygen atoms in total. The number of benzene rings is 1. The van der Waals surface area contributed by atoms with Crippen molar-refractivity contribution in [2.24, 2.45) is 0 Å². The maximum Gasteiger partial charge on any atom is 0.414 e. The molecule has 1 aromatic carbocycles. The zero-order valence-electron chi connectivity index (χ0n) is 12.4. The lowest BCUT2D eigenvalue weighted by Gasteiger charge is -2.15. The number of rotatable bonds is 4. The number of carboxylic acids is 2. The van der Waals surface area contributed by atoms with Gasteiger partial charge in [-0.25, -0.2) is 9.59 Å². The summed E-state index contributed by atoms with van der Waals surface area (Å²) in [5.74, 6) is -2.65. The van der Waals surface area contributed by atoms with E-state index in [1.54, 1.807) is 0 Å². The second-order valence-corrected chi connectivity index (χ2v) is 5.83. The summed E-state index contributed by atoms with van der Waals surface area (Å²) in [5, 5.41) is 14.8. The Morgan fingerprint density at radius 1 is 1.23 bits per heavy atom. The fraction of sp³-hybridized carbons (Fsp3) is 0.467. The van der Waals surface area contributed by atoms with Crippen LogP contribution in [0.15, 0.2) is 22.7 Å². The first kappa shape index (κ1) is 18.4. The van der Waals surface area contributed by atoms with Gasteiger partial charge >= 0.3 is 11.9 Å². The monoisotopic (exact) mass is 373 g/mol. The van der Waals surface area contributed by atoms with Gasteiger partial charge in [0.25, 0.3) is 0 Å². The number of aliphatic carboxylic acids is 2. The molecule has 1 fully saturated rings. The molecule has 122 valence electrons. The van der Waals surface area contributed by atoms with E-state index in [2.05, 4.69) is 33.8 Å². The first-order valence-corrected chi connectivity index (χ1v) is 7.77. The largest absolute Gasteiger partial charge is 0.492 e. The number of halogens is 1. The van der Waals surface area contributed by atoms with Crippen LogP contribution < -0.4 is 4.74 Å². The number of carboxylic acid groups (broad SMARTS) is 2. The third-order valence-electron chi connectivity index (χ3n) is 3.18. The lowest BCUT2D eigenvalue weighted by Crippen LogP contribution is -2.25. The second-order valence-electron chi connectivity index (χ2n) is 4.92. The summed E-state index contributed by atoms with van der Waals surface area (Å²) in [6.07, 6.45) is 2.69. The van der Waals surface area contributed by atoms with Gasteiger partial charge in [-0.2, -0.15) is 0 Å². The molecule has 2 rings (SSSR count). The number of ether oxygens (including phenoxy) is 1. The second kappa shape index (κ2) is 9.42. The Bertz CT molecular complexity index is 503. The van der Waals surface area contributed by atoms with E-state index in [9.17, 15) is 0 Å². The van der Waals surface area contributed by atoms with Gasteiger partial charge in [-0.05, 0) is 56.6 Å². The van der Waals surface area contributed by atoms with E-state index in [-0.39, 0.29) is 0 Å². The van der Waals surface area contributed by atoms with Gasteiger partial charge in [0.1, 0.15) is 12.4 Å². The van der Waals surface area contributed by atoms with E-state index in [1.807, 2.05) is 12.1 Å². The van der Waals surface area contributed by atoms with Crippen molar-refractivity contribution in [2.45, 2.75) is 19.8 Å². The average molecular weight is 374 g/mol. The van der Waals surface area contributed by atoms with Crippen LogP contribution in [0.25, 0.3) is 0 Å². The molecule has 7 heteroatoms. The molecule has 0 unspecified atom stereocenters. The van der Waals surface area contributed by atoms with Gasteiger partial charge < -0.3 is 14.9 Å². The van der Waals surface area contributed by atoms with Gasteiger partial charge in [-0.1, -0.05) is 15.9 Å². The minimum atomic E-state index is -1.82. The summed E-state index contributed by atoms with van der Waals surface area (Å²) in [6, 6.07) is 6.15. The van der Waals surface area contributed by atoms with Crippen molar-refractivity contribution < 1.29 is 24.5 Å². The highest BCUT2D eigenvalue weighted by atomic mass is 79.9. The maximum absolute atomic E-state index is 9.10. The van der Waals surface area contributed by atoms with Crippen molar-refractivity contribution >= 4 is 27.9 Å². The predicted octanol–water partition coefficient (Wildman–Crippen LogP) is 2.39. The molecular formula is C15H20BrNO5. The fourth-order valence-electron chi connectivity index (χ4n) is 2.07. The number of likely N-dealkylation sites (tertiary alicyclic amines) is 1. The SMILES string of the molecule is Cc1cc(Br)ccc1OCCN1CCCC1.O=C(O)C(=O)O. The molecule has 1 aliphatic rings. The van der Waals surface area contributed by atoms with Gasteiger partial charge in [0.2, 0.25) is 0 Å². The summed E-state index contributed by atoms with van der Waals surface area (Å²) >= 11 is 3.45. The Balaban J connectivity index is 0.000000346. The first-order valence-electron chi connectivity index (χ1n) is 6.97. The summed E-state index contributed by atoms with van der Waals surface area (Å²) in [6.45, 7) is 6.40. The van der Waals surface area contributed by atoms with Crippen LogP contribution in [0.3, 0.4) is 0 Å². The molecule has 0 aliphatic carbocycles. The van der Waals surface area contributed by atoms with Gasteiger partial charge in [0, 0.05) is 11.0 Å². The highest BCUT2D eigenvalue weighted by Crippen LogP contribution is 2.22. The Hall–Kier alpha value is -1.60. The zero-order chi connectivity index (χ0) is 16.5.